The van der Waals surface area contributed by atoms with Crippen LogP contribution < -0.4 is 11.1 Å². The van der Waals surface area contributed by atoms with Crippen molar-refractivity contribution in [1.82, 2.24) is 9.78 Å². The van der Waals surface area contributed by atoms with Crippen LogP contribution >= 0.6 is 0 Å². The van der Waals surface area contributed by atoms with Crippen molar-refractivity contribution < 1.29 is 9.63 Å². The van der Waals surface area contributed by atoms with Gasteiger partial charge in [-0.15, -0.1) is 0 Å². The molecule has 138 valence electrons. The molecule has 3 rings (SSSR count). The second kappa shape index (κ2) is 8.03. The first-order valence-corrected chi connectivity index (χ1v) is 8.93. The molecular formula is C19H25N5O2. The molecule has 7 nitrogen and oxygen atoms in total. The molecule has 1 amide bonds. The first kappa shape index (κ1) is 18.0. The van der Waals surface area contributed by atoms with Gasteiger partial charge in [0.2, 0.25) is 0 Å². The molecule has 1 saturated carbocycles. The number of oxime groups is 1. The maximum Gasteiger partial charge on any atom is 0.265 e. The molecule has 1 fully saturated rings. The summed E-state index contributed by atoms with van der Waals surface area (Å²) in [4.78, 5) is 17.3. The Morgan fingerprint density at radius 2 is 2.00 bits per heavy atom. The molecule has 0 atom stereocenters. The van der Waals surface area contributed by atoms with E-state index in [-0.39, 0.29) is 18.4 Å². The average Bonchev–Trinajstić information content (AvgIpc) is 3.27. The van der Waals surface area contributed by atoms with E-state index in [9.17, 15) is 4.79 Å². The first-order chi connectivity index (χ1) is 12.6. The molecule has 0 unspecified atom stereocenters. The minimum absolute atomic E-state index is 0.178. The van der Waals surface area contributed by atoms with E-state index in [4.69, 9.17) is 10.6 Å². The second-order valence-electron chi connectivity index (χ2n) is 6.61. The highest BCUT2D eigenvalue weighted by Gasteiger charge is 2.19. The molecule has 0 saturated heterocycles. The minimum Gasteiger partial charge on any atom is -0.384 e. The highest BCUT2D eigenvalue weighted by atomic mass is 16.6. The van der Waals surface area contributed by atoms with E-state index in [1.165, 1.54) is 12.8 Å². The standard InChI is InChI=1S/C19H25N5O2/c1-13-18(14(2)24(22-13)16-10-4-3-5-11-16)21-17(25)12-26-23-19(20)15-8-6-7-9-15/h3-5,10-11,15H,6-9,12H2,1-2H3,(H2,20,23)(H,21,25). The Morgan fingerprint density at radius 1 is 1.31 bits per heavy atom. The smallest absolute Gasteiger partial charge is 0.265 e. The predicted molar refractivity (Wildman–Crippen MR) is 101 cm³/mol. The summed E-state index contributed by atoms with van der Waals surface area (Å²) in [5.74, 6) is 0.484. The molecule has 0 aliphatic heterocycles. The molecule has 1 aromatic heterocycles. The van der Waals surface area contributed by atoms with Gasteiger partial charge in [-0.05, 0) is 38.8 Å². The quantitative estimate of drug-likeness (QED) is 0.473. The van der Waals surface area contributed by atoms with Gasteiger partial charge in [-0.1, -0.05) is 36.2 Å². The van der Waals surface area contributed by atoms with Crippen molar-refractivity contribution in [3.63, 3.8) is 0 Å². The number of anilines is 1. The molecule has 2 aromatic rings. The highest BCUT2D eigenvalue weighted by molar-refractivity contribution is 5.93. The summed E-state index contributed by atoms with van der Waals surface area (Å²) >= 11 is 0. The molecule has 3 N–H and O–H groups in total. The number of amidine groups is 1. The molecule has 0 bridgehead atoms. The van der Waals surface area contributed by atoms with Gasteiger partial charge in [0.1, 0.15) is 5.84 Å². The average molecular weight is 355 g/mol. The van der Waals surface area contributed by atoms with E-state index < -0.39 is 0 Å². The summed E-state index contributed by atoms with van der Waals surface area (Å²) < 4.78 is 1.81. The lowest BCUT2D eigenvalue weighted by Crippen LogP contribution is -2.23. The zero-order valence-electron chi connectivity index (χ0n) is 15.2. The Bertz CT molecular complexity index is 792. The SMILES string of the molecule is Cc1nn(-c2ccccc2)c(C)c1NC(=O)CO/N=C(\N)C1CCCC1. The van der Waals surface area contributed by atoms with Crippen molar-refractivity contribution in [2.24, 2.45) is 16.8 Å². The molecule has 7 heteroatoms. The Kier molecular flexibility index (Phi) is 5.55. The summed E-state index contributed by atoms with van der Waals surface area (Å²) in [7, 11) is 0. The zero-order chi connectivity index (χ0) is 18.5. The number of nitrogens with zero attached hydrogens (tertiary/aromatic N) is 3. The minimum atomic E-state index is -0.285. The maximum absolute atomic E-state index is 12.2. The number of amides is 1. The first-order valence-electron chi connectivity index (χ1n) is 8.93. The van der Waals surface area contributed by atoms with Gasteiger partial charge < -0.3 is 15.9 Å². The van der Waals surface area contributed by atoms with E-state index in [2.05, 4.69) is 15.6 Å². The van der Waals surface area contributed by atoms with Crippen LogP contribution in [0.3, 0.4) is 0 Å². The largest absolute Gasteiger partial charge is 0.384 e. The number of para-hydroxylation sites is 1. The van der Waals surface area contributed by atoms with Crippen LogP contribution in [0.1, 0.15) is 37.1 Å². The van der Waals surface area contributed by atoms with Gasteiger partial charge >= 0.3 is 0 Å². The lowest BCUT2D eigenvalue weighted by atomic mass is 10.1. The molecule has 1 heterocycles. The van der Waals surface area contributed by atoms with Gasteiger partial charge in [0.05, 0.1) is 22.8 Å². The van der Waals surface area contributed by atoms with E-state index in [1.807, 2.05) is 48.9 Å². The topological polar surface area (TPSA) is 94.5 Å². The van der Waals surface area contributed by atoms with Crippen molar-refractivity contribution in [1.29, 1.82) is 0 Å². The number of hydrogen-bond acceptors (Lipinski definition) is 4. The van der Waals surface area contributed by atoms with Crippen LogP contribution in [0.25, 0.3) is 5.69 Å². The third-order valence-corrected chi connectivity index (χ3v) is 4.70. The van der Waals surface area contributed by atoms with Crippen LogP contribution in [0.2, 0.25) is 0 Å². The Hall–Kier alpha value is -2.83. The normalized spacial score (nSPS) is 15.2. The fraction of sp³-hybridized carbons (Fsp3) is 0.421. The van der Waals surface area contributed by atoms with Crippen LogP contribution in [0.4, 0.5) is 5.69 Å². The number of carbonyl (C=O) groups is 1. The summed E-state index contributed by atoms with van der Waals surface area (Å²) in [5.41, 5.74) is 9.15. The van der Waals surface area contributed by atoms with Crippen molar-refractivity contribution in [2.45, 2.75) is 39.5 Å². The van der Waals surface area contributed by atoms with Gasteiger partial charge in [0, 0.05) is 5.92 Å². The van der Waals surface area contributed by atoms with Crippen LogP contribution in [0, 0.1) is 19.8 Å². The van der Waals surface area contributed by atoms with Crippen molar-refractivity contribution >= 4 is 17.4 Å². The number of hydrogen-bond donors (Lipinski definition) is 2. The molecule has 1 aliphatic carbocycles. The van der Waals surface area contributed by atoms with Gasteiger partial charge in [-0.25, -0.2) is 4.68 Å². The number of aryl methyl sites for hydroxylation is 1. The Balaban J connectivity index is 1.61. The molecule has 1 aromatic carbocycles. The number of nitrogens with two attached hydrogens (primary N) is 1. The van der Waals surface area contributed by atoms with Crippen LogP contribution in [0.5, 0.6) is 0 Å². The van der Waals surface area contributed by atoms with Crippen LogP contribution in [-0.4, -0.2) is 28.1 Å². The lowest BCUT2D eigenvalue weighted by Gasteiger charge is -2.08. The van der Waals surface area contributed by atoms with Gasteiger partial charge in [-0.3, -0.25) is 4.79 Å². The molecule has 1 aliphatic rings. The zero-order valence-corrected chi connectivity index (χ0v) is 15.2. The van der Waals surface area contributed by atoms with Crippen molar-refractivity contribution in [3.05, 3.63) is 41.7 Å². The molecule has 0 spiro atoms. The molecular weight excluding hydrogens is 330 g/mol. The second-order valence-corrected chi connectivity index (χ2v) is 6.61. The monoisotopic (exact) mass is 355 g/mol. The summed E-state index contributed by atoms with van der Waals surface area (Å²) in [5, 5.41) is 11.3. The number of carbonyl (C=O) groups excluding carboxylic acids is 1. The number of benzene rings is 1. The van der Waals surface area contributed by atoms with Gasteiger partial charge in [0.25, 0.3) is 5.91 Å². The summed E-state index contributed by atoms with van der Waals surface area (Å²) in [6, 6.07) is 9.78. The number of aromatic nitrogens is 2. The summed E-state index contributed by atoms with van der Waals surface area (Å²) in [6.07, 6.45) is 4.43. The van der Waals surface area contributed by atoms with Gasteiger partial charge in [-0.2, -0.15) is 5.10 Å². The van der Waals surface area contributed by atoms with Crippen molar-refractivity contribution in [2.75, 3.05) is 11.9 Å². The Morgan fingerprint density at radius 3 is 2.69 bits per heavy atom. The van der Waals surface area contributed by atoms with Crippen LogP contribution in [-0.2, 0) is 9.63 Å². The predicted octanol–water partition coefficient (Wildman–Crippen LogP) is 2.91. The number of nitrogens with one attached hydrogen (secondary N) is 1. The van der Waals surface area contributed by atoms with E-state index >= 15 is 0 Å². The number of rotatable bonds is 6. The third kappa shape index (κ3) is 4.04. The summed E-state index contributed by atoms with van der Waals surface area (Å²) in [6.45, 7) is 3.60. The fourth-order valence-corrected chi connectivity index (χ4v) is 3.28. The maximum atomic E-state index is 12.2. The van der Waals surface area contributed by atoms with E-state index in [0.717, 1.165) is 29.9 Å². The van der Waals surface area contributed by atoms with Crippen LogP contribution in [0.15, 0.2) is 35.5 Å². The highest BCUT2D eigenvalue weighted by Crippen LogP contribution is 2.25. The fourth-order valence-electron chi connectivity index (χ4n) is 3.28. The van der Waals surface area contributed by atoms with Gasteiger partial charge in [0.15, 0.2) is 6.61 Å². The van der Waals surface area contributed by atoms with E-state index in [0.29, 0.717) is 11.5 Å². The molecule has 26 heavy (non-hydrogen) atoms. The van der Waals surface area contributed by atoms with E-state index in [1.54, 1.807) is 0 Å². The third-order valence-electron chi connectivity index (χ3n) is 4.70. The van der Waals surface area contributed by atoms with Crippen molar-refractivity contribution in [3.8, 4) is 5.69 Å². The Labute approximate surface area is 153 Å². The molecule has 0 radical (unpaired) electrons. The lowest BCUT2D eigenvalue weighted by molar-refractivity contribution is -0.120.